The van der Waals surface area contributed by atoms with Crippen LogP contribution in [-0.4, -0.2) is 32.1 Å². The van der Waals surface area contributed by atoms with Crippen molar-refractivity contribution in [2.75, 3.05) is 36.4 Å². The lowest BCUT2D eigenvalue weighted by Crippen LogP contribution is -2.30. The molecule has 0 aromatic heterocycles. The fourth-order valence-electron chi connectivity index (χ4n) is 3.32. The second-order valence-corrected chi connectivity index (χ2v) is 6.19. The van der Waals surface area contributed by atoms with Crippen LogP contribution >= 0.6 is 24.8 Å². The number of halogens is 2. The Morgan fingerprint density at radius 2 is 1.87 bits per heavy atom. The predicted octanol–water partition coefficient (Wildman–Crippen LogP) is 3.46. The number of carbonyl (C=O) groups is 1. The van der Waals surface area contributed by atoms with Crippen molar-refractivity contribution in [2.45, 2.75) is 32.1 Å². The maximum Gasteiger partial charge on any atom is 0.224 e. The molecule has 0 spiro atoms. The lowest BCUT2D eigenvalue weighted by atomic mass is 9.94. The van der Waals surface area contributed by atoms with E-state index >= 15 is 0 Å². The second-order valence-electron chi connectivity index (χ2n) is 6.19. The maximum atomic E-state index is 12.2. The first-order chi connectivity index (χ1) is 10.3. The van der Waals surface area contributed by atoms with Crippen molar-refractivity contribution in [1.82, 2.24) is 5.32 Å². The molecule has 1 amide bonds. The highest BCUT2D eigenvalue weighted by Gasteiger charge is 2.17. The molecule has 0 atom stereocenters. The van der Waals surface area contributed by atoms with Gasteiger partial charge in [0.2, 0.25) is 5.91 Å². The molecule has 130 valence electrons. The van der Waals surface area contributed by atoms with Gasteiger partial charge in [-0.25, -0.2) is 0 Å². The Bertz CT molecular complexity index is 486. The van der Waals surface area contributed by atoms with Crippen LogP contribution in [-0.2, 0) is 4.79 Å². The summed E-state index contributed by atoms with van der Waals surface area (Å²) in [5.41, 5.74) is 2.16. The Balaban J connectivity index is 0.00000132. The van der Waals surface area contributed by atoms with Gasteiger partial charge in [0, 0.05) is 30.9 Å². The third kappa shape index (κ3) is 5.87. The predicted molar refractivity (Wildman–Crippen MR) is 101 cm³/mol. The number of benzene rings is 1. The summed E-state index contributed by atoms with van der Waals surface area (Å²) in [5.74, 6) is 0.688. The van der Waals surface area contributed by atoms with E-state index in [0.717, 1.165) is 44.7 Å². The van der Waals surface area contributed by atoms with Crippen molar-refractivity contribution in [3.63, 3.8) is 0 Å². The van der Waals surface area contributed by atoms with E-state index in [1.807, 2.05) is 12.1 Å². The van der Waals surface area contributed by atoms with Gasteiger partial charge in [-0.2, -0.15) is 0 Å². The van der Waals surface area contributed by atoms with Gasteiger partial charge in [-0.05, 0) is 62.9 Å². The number of nitrogens with one attached hydrogen (secondary N) is 2. The molecular formula is C17H27Cl2N3O. The molecule has 4 nitrogen and oxygen atoms in total. The molecule has 2 N–H and O–H groups in total. The zero-order valence-corrected chi connectivity index (χ0v) is 15.1. The van der Waals surface area contributed by atoms with Crippen LogP contribution in [0.3, 0.4) is 0 Å². The minimum absolute atomic E-state index is 0. The van der Waals surface area contributed by atoms with E-state index in [-0.39, 0.29) is 30.7 Å². The van der Waals surface area contributed by atoms with Gasteiger partial charge in [-0.1, -0.05) is 6.07 Å². The third-order valence-electron chi connectivity index (χ3n) is 4.53. The largest absolute Gasteiger partial charge is 0.371 e. The van der Waals surface area contributed by atoms with Crippen LogP contribution in [0.4, 0.5) is 11.4 Å². The summed E-state index contributed by atoms with van der Waals surface area (Å²) in [6.07, 6.45) is 5.41. The van der Waals surface area contributed by atoms with E-state index in [9.17, 15) is 4.79 Å². The van der Waals surface area contributed by atoms with Crippen molar-refractivity contribution in [1.29, 1.82) is 0 Å². The van der Waals surface area contributed by atoms with Crippen LogP contribution in [0.2, 0.25) is 0 Å². The molecule has 1 aromatic rings. The first-order valence-corrected chi connectivity index (χ1v) is 8.17. The monoisotopic (exact) mass is 359 g/mol. The average Bonchev–Trinajstić information content (AvgIpc) is 3.02. The standard InChI is InChI=1S/C17H25N3O.2ClH/c21-17(12-14-6-8-18-9-7-14)19-15-4-3-5-16(13-15)20-10-1-2-11-20;;/h3-5,13-14,18H,1-2,6-12H2,(H,19,21);2*1H. The number of anilines is 2. The SMILES string of the molecule is Cl.Cl.O=C(CC1CCNCC1)Nc1cccc(N2CCCC2)c1. The first-order valence-electron chi connectivity index (χ1n) is 8.17. The van der Waals surface area contributed by atoms with Crippen LogP contribution in [0.25, 0.3) is 0 Å². The van der Waals surface area contributed by atoms with E-state index in [1.165, 1.54) is 18.5 Å². The Hall–Kier alpha value is -0.970. The zero-order chi connectivity index (χ0) is 14.5. The molecular weight excluding hydrogens is 333 g/mol. The topological polar surface area (TPSA) is 44.4 Å². The van der Waals surface area contributed by atoms with Crippen LogP contribution in [0.5, 0.6) is 0 Å². The first kappa shape index (κ1) is 20.1. The minimum Gasteiger partial charge on any atom is -0.371 e. The summed E-state index contributed by atoms with van der Waals surface area (Å²) in [6, 6.07) is 8.26. The molecule has 23 heavy (non-hydrogen) atoms. The molecule has 0 unspecified atom stereocenters. The minimum atomic E-state index is 0. The van der Waals surface area contributed by atoms with Crippen LogP contribution in [0, 0.1) is 5.92 Å². The highest BCUT2D eigenvalue weighted by molar-refractivity contribution is 5.91. The summed E-state index contributed by atoms with van der Waals surface area (Å²) in [5, 5.41) is 6.41. The van der Waals surface area contributed by atoms with Gasteiger partial charge in [-0.3, -0.25) is 4.79 Å². The number of rotatable bonds is 4. The van der Waals surface area contributed by atoms with E-state index in [0.29, 0.717) is 12.3 Å². The lowest BCUT2D eigenvalue weighted by molar-refractivity contribution is -0.117. The average molecular weight is 360 g/mol. The smallest absolute Gasteiger partial charge is 0.224 e. The molecule has 1 aromatic carbocycles. The van der Waals surface area contributed by atoms with Crippen molar-refractivity contribution in [3.05, 3.63) is 24.3 Å². The maximum absolute atomic E-state index is 12.2. The molecule has 2 aliphatic rings. The van der Waals surface area contributed by atoms with E-state index in [4.69, 9.17) is 0 Å². The molecule has 2 aliphatic heterocycles. The van der Waals surface area contributed by atoms with Crippen molar-refractivity contribution in [2.24, 2.45) is 5.92 Å². The van der Waals surface area contributed by atoms with Gasteiger partial charge in [0.1, 0.15) is 0 Å². The van der Waals surface area contributed by atoms with Gasteiger partial charge in [0.25, 0.3) is 0 Å². The number of carbonyl (C=O) groups excluding carboxylic acids is 1. The Morgan fingerprint density at radius 3 is 2.57 bits per heavy atom. The number of piperidine rings is 1. The van der Waals surface area contributed by atoms with Crippen LogP contribution in [0.15, 0.2) is 24.3 Å². The van der Waals surface area contributed by atoms with Crippen molar-refractivity contribution in [3.8, 4) is 0 Å². The van der Waals surface area contributed by atoms with E-state index in [1.54, 1.807) is 0 Å². The fraction of sp³-hybridized carbons (Fsp3) is 0.588. The Kier molecular flexibility index (Phi) is 8.74. The van der Waals surface area contributed by atoms with Crippen LogP contribution in [0.1, 0.15) is 32.1 Å². The molecule has 2 saturated heterocycles. The highest BCUT2D eigenvalue weighted by atomic mass is 35.5. The molecule has 0 bridgehead atoms. The molecule has 0 radical (unpaired) electrons. The summed E-state index contributed by atoms with van der Waals surface area (Å²) < 4.78 is 0. The number of hydrogen-bond donors (Lipinski definition) is 2. The number of amides is 1. The quantitative estimate of drug-likeness (QED) is 0.864. The lowest BCUT2D eigenvalue weighted by Gasteiger charge is -2.22. The summed E-state index contributed by atoms with van der Waals surface area (Å²) in [4.78, 5) is 14.6. The van der Waals surface area contributed by atoms with E-state index < -0.39 is 0 Å². The molecule has 0 saturated carbocycles. The fourth-order valence-corrected chi connectivity index (χ4v) is 3.32. The molecule has 6 heteroatoms. The van der Waals surface area contributed by atoms with Gasteiger partial charge in [0.05, 0.1) is 0 Å². The second kappa shape index (κ2) is 10.0. The van der Waals surface area contributed by atoms with Gasteiger partial charge in [0.15, 0.2) is 0 Å². The van der Waals surface area contributed by atoms with Gasteiger partial charge < -0.3 is 15.5 Å². The highest BCUT2D eigenvalue weighted by Crippen LogP contribution is 2.24. The Morgan fingerprint density at radius 1 is 1.17 bits per heavy atom. The van der Waals surface area contributed by atoms with Gasteiger partial charge >= 0.3 is 0 Å². The third-order valence-corrected chi connectivity index (χ3v) is 4.53. The number of nitrogens with zero attached hydrogens (tertiary/aromatic N) is 1. The molecule has 2 fully saturated rings. The molecule has 0 aliphatic carbocycles. The summed E-state index contributed by atoms with van der Waals surface area (Å²) in [7, 11) is 0. The van der Waals surface area contributed by atoms with Crippen molar-refractivity contribution >= 4 is 42.1 Å². The Labute approximate surface area is 151 Å². The number of hydrogen-bond acceptors (Lipinski definition) is 3. The summed E-state index contributed by atoms with van der Waals surface area (Å²) in [6.45, 7) is 4.35. The molecule has 3 rings (SSSR count). The zero-order valence-electron chi connectivity index (χ0n) is 13.4. The van der Waals surface area contributed by atoms with Crippen molar-refractivity contribution < 1.29 is 4.79 Å². The molecule has 2 heterocycles. The normalized spacial score (nSPS) is 18.0. The van der Waals surface area contributed by atoms with E-state index in [2.05, 4.69) is 27.7 Å². The van der Waals surface area contributed by atoms with Crippen LogP contribution < -0.4 is 15.5 Å². The summed E-state index contributed by atoms with van der Waals surface area (Å²) >= 11 is 0. The van der Waals surface area contributed by atoms with Gasteiger partial charge in [-0.15, -0.1) is 24.8 Å².